The molecule has 1 unspecified atom stereocenters. The van der Waals surface area contributed by atoms with Crippen LogP contribution in [0.4, 0.5) is 5.69 Å². The zero-order valence-electron chi connectivity index (χ0n) is 12.6. The average Bonchev–Trinajstić information content (AvgIpc) is 2.30. The number of hydrogen-bond acceptors (Lipinski definition) is 4. The Balaban J connectivity index is 2.70. The van der Waals surface area contributed by atoms with Crippen LogP contribution in [0.25, 0.3) is 0 Å². The van der Waals surface area contributed by atoms with E-state index in [0.717, 1.165) is 5.56 Å². The summed E-state index contributed by atoms with van der Waals surface area (Å²) < 4.78 is 5.15. The van der Waals surface area contributed by atoms with E-state index in [4.69, 9.17) is 10.5 Å². The van der Waals surface area contributed by atoms with Gasteiger partial charge in [0, 0.05) is 11.2 Å². The van der Waals surface area contributed by atoms with Gasteiger partial charge < -0.3 is 15.8 Å². The lowest BCUT2D eigenvalue weighted by Gasteiger charge is -2.23. The molecular weight excluding hydrogens is 256 g/mol. The number of esters is 1. The van der Waals surface area contributed by atoms with Crippen LogP contribution in [0.1, 0.15) is 43.6 Å². The Kier molecular flexibility index (Phi) is 4.76. The fourth-order valence-corrected chi connectivity index (χ4v) is 1.56. The molecule has 1 aromatic carbocycles. The summed E-state index contributed by atoms with van der Waals surface area (Å²) in [5.41, 5.74) is 7.12. The van der Waals surface area contributed by atoms with E-state index in [2.05, 4.69) is 5.32 Å². The summed E-state index contributed by atoms with van der Waals surface area (Å²) in [6, 6.07) is 4.87. The Bertz CT molecular complexity index is 518. The van der Waals surface area contributed by atoms with E-state index in [1.54, 1.807) is 25.1 Å². The number of aryl methyl sites for hydroxylation is 1. The van der Waals surface area contributed by atoms with Crippen molar-refractivity contribution in [3.63, 3.8) is 0 Å². The molecule has 5 heteroatoms. The molecule has 0 aliphatic heterocycles. The summed E-state index contributed by atoms with van der Waals surface area (Å²) in [4.78, 5) is 23.8. The molecule has 5 nitrogen and oxygen atoms in total. The zero-order chi connectivity index (χ0) is 15.5. The molecule has 0 bridgehead atoms. The third-order valence-electron chi connectivity index (χ3n) is 2.66. The van der Waals surface area contributed by atoms with Gasteiger partial charge in [-0.2, -0.15) is 0 Å². The number of rotatable bonds is 3. The van der Waals surface area contributed by atoms with Crippen molar-refractivity contribution in [3.8, 4) is 0 Å². The predicted octanol–water partition coefficient (Wildman–Crippen LogP) is 2.04. The third-order valence-corrected chi connectivity index (χ3v) is 2.66. The van der Waals surface area contributed by atoms with Crippen molar-refractivity contribution in [2.24, 2.45) is 0 Å². The highest BCUT2D eigenvalue weighted by atomic mass is 16.5. The first kappa shape index (κ1) is 16.0. The molecule has 1 atom stereocenters. The molecule has 1 amide bonds. The largest absolute Gasteiger partial charge is 0.449 e. The van der Waals surface area contributed by atoms with Crippen LogP contribution in [0.15, 0.2) is 18.2 Å². The zero-order valence-corrected chi connectivity index (χ0v) is 12.6. The molecule has 0 aliphatic rings. The minimum absolute atomic E-state index is 0.321. The second-order valence-corrected chi connectivity index (χ2v) is 5.86. The van der Waals surface area contributed by atoms with Crippen molar-refractivity contribution in [2.45, 2.75) is 46.3 Å². The summed E-state index contributed by atoms with van der Waals surface area (Å²) >= 11 is 0. The van der Waals surface area contributed by atoms with Crippen LogP contribution < -0.4 is 11.1 Å². The first-order valence-corrected chi connectivity index (χ1v) is 6.49. The Hall–Kier alpha value is -2.04. The molecule has 20 heavy (non-hydrogen) atoms. The maximum absolute atomic E-state index is 11.9. The molecule has 0 fully saturated rings. The predicted molar refractivity (Wildman–Crippen MR) is 78.4 cm³/mol. The van der Waals surface area contributed by atoms with E-state index in [1.807, 2.05) is 27.7 Å². The molecule has 0 aliphatic carbocycles. The first-order valence-electron chi connectivity index (χ1n) is 6.49. The van der Waals surface area contributed by atoms with Gasteiger partial charge in [-0.3, -0.25) is 4.79 Å². The quantitative estimate of drug-likeness (QED) is 0.655. The highest BCUT2D eigenvalue weighted by Crippen LogP contribution is 2.14. The number of carbonyl (C=O) groups excluding carboxylic acids is 2. The van der Waals surface area contributed by atoms with E-state index >= 15 is 0 Å². The summed E-state index contributed by atoms with van der Waals surface area (Å²) in [6.45, 7) is 8.94. The average molecular weight is 278 g/mol. The normalized spacial score (nSPS) is 12.7. The van der Waals surface area contributed by atoms with E-state index in [0.29, 0.717) is 11.3 Å². The van der Waals surface area contributed by atoms with Crippen molar-refractivity contribution in [3.05, 3.63) is 29.3 Å². The van der Waals surface area contributed by atoms with E-state index in [-0.39, 0.29) is 11.4 Å². The van der Waals surface area contributed by atoms with Crippen molar-refractivity contribution in [1.29, 1.82) is 0 Å². The van der Waals surface area contributed by atoms with E-state index in [1.165, 1.54) is 0 Å². The SMILES string of the molecule is Cc1cc(C(=O)OC(C)C(=O)NC(C)(C)C)ccc1N. The van der Waals surface area contributed by atoms with Gasteiger partial charge in [-0.05, 0) is 58.4 Å². The van der Waals surface area contributed by atoms with Crippen LogP contribution in [0.3, 0.4) is 0 Å². The third kappa shape index (κ3) is 4.57. The number of benzene rings is 1. The Labute approximate surface area is 119 Å². The summed E-state index contributed by atoms with van der Waals surface area (Å²) in [6.07, 6.45) is -0.848. The molecule has 0 saturated heterocycles. The summed E-state index contributed by atoms with van der Waals surface area (Å²) in [5.74, 6) is -0.859. The fourth-order valence-electron chi connectivity index (χ4n) is 1.56. The molecule has 110 valence electrons. The highest BCUT2D eigenvalue weighted by Gasteiger charge is 2.22. The van der Waals surface area contributed by atoms with Crippen LogP contribution >= 0.6 is 0 Å². The Morgan fingerprint density at radius 1 is 1.30 bits per heavy atom. The number of hydrogen-bond donors (Lipinski definition) is 2. The lowest BCUT2D eigenvalue weighted by Crippen LogP contribution is -2.46. The molecule has 0 aromatic heterocycles. The van der Waals surface area contributed by atoms with Crippen LogP contribution in [0.2, 0.25) is 0 Å². The second-order valence-electron chi connectivity index (χ2n) is 5.86. The van der Waals surface area contributed by atoms with Gasteiger partial charge in [0.15, 0.2) is 6.10 Å². The fraction of sp³-hybridized carbons (Fsp3) is 0.467. The molecule has 1 rings (SSSR count). The smallest absolute Gasteiger partial charge is 0.338 e. The topological polar surface area (TPSA) is 81.4 Å². The number of anilines is 1. The monoisotopic (exact) mass is 278 g/mol. The Morgan fingerprint density at radius 3 is 2.40 bits per heavy atom. The van der Waals surface area contributed by atoms with Gasteiger partial charge in [0.2, 0.25) is 0 Å². The van der Waals surface area contributed by atoms with Gasteiger partial charge in [-0.1, -0.05) is 0 Å². The Morgan fingerprint density at radius 2 is 1.90 bits per heavy atom. The van der Waals surface area contributed by atoms with E-state index in [9.17, 15) is 9.59 Å². The molecule has 0 saturated carbocycles. The van der Waals surface area contributed by atoms with Gasteiger partial charge in [0.1, 0.15) is 0 Å². The standard InChI is InChI=1S/C15H22N2O3/c1-9-8-11(6-7-12(9)16)14(19)20-10(2)13(18)17-15(3,4)5/h6-8,10H,16H2,1-5H3,(H,17,18). The minimum Gasteiger partial charge on any atom is -0.449 e. The van der Waals surface area contributed by atoms with Crippen LogP contribution in [-0.4, -0.2) is 23.5 Å². The number of carbonyl (C=O) groups is 2. The van der Waals surface area contributed by atoms with Crippen molar-refractivity contribution in [1.82, 2.24) is 5.32 Å². The van der Waals surface area contributed by atoms with Gasteiger partial charge >= 0.3 is 5.97 Å². The lowest BCUT2D eigenvalue weighted by atomic mass is 10.1. The number of amides is 1. The van der Waals surface area contributed by atoms with Crippen LogP contribution in [0.5, 0.6) is 0 Å². The number of nitrogens with one attached hydrogen (secondary N) is 1. The van der Waals surface area contributed by atoms with Crippen molar-refractivity contribution < 1.29 is 14.3 Å². The van der Waals surface area contributed by atoms with Crippen LogP contribution in [-0.2, 0) is 9.53 Å². The van der Waals surface area contributed by atoms with Gasteiger partial charge in [0.05, 0.1) is 5.56 Å². The minimum atomic E-state index is -0.848. The highest BCUT2D eigenvalue weighted by molar-refractivity contribution is 5.92. The van der Waals surface area contributed by atoms with Crippen molar-refractivity contribution in [2.75, 3.05) is 5.73 Å². The van der Waals surface area contributed by atoms with Crippen LogP contribution in [0, 0.1) is 6.92 Å². The molecular formula is C15H22N2O3. The lowest BCUT2D eigenvalue weighted by molar-refractivity contribution is -0.130. The van der Waals surface area contributed by atoms with E-state index < -0.39 is 12.1 Å². The maximum atomic E-state index is 11.9. The molecule has 3 N–H and O–H groups in total. The molecule has 0 heterocycles. The first-order chi connectivity index (χ1) is 9.10. The summed E-state index contributed by atoms with van der Waals surface area (Å²) in [5, 5.41) is 2.76. The number of nitrogens with two attached hydrogens (primary N) is 1. The van der Waals surface area contributed by atoms with Gasteiger partial charge in [0.25, 0.3) is 5.91 Å². The number of ether oxygens (including phenoxy) is 1. The summed E-state index contributed by atoms with van der Waals surface area (Å²) in [7, 11) is 0. The molecule has 0 radical (unpaired) electrons. The molecule has 0 spiro atoms. The van der Waals surface area contributed by atoms with Gasteiger partial charge in [-0.15, -0.1) is 0 Å². The van der Waals surface area contributed by atoms with Crippen molar-refractivity contribution >= 4 is 17.6 Å². The van der Waals surface area contributed by atoms with Gasteiger partial charge in [-0.25, -0.2) is 4.79 Å². The second kappa shape index (κ2) is 5.94. The maximum Gasteiger partial charge on any atom is 0.338 e. The molecule has 1 aromatic rings. The number of nitrogen functional groups attached to an aromatic ring is 1.